The molecule has 0 radical (unpaired) electrons. The second-order valence-corrected chi connectivity index (χ2v) is 12.6. The summed E-state index contributed by atoms with van der Waals surface area (Å²) in [5.41, 5.74) is 5.22. The van der Waals surface area contributed by atoms with Crippen molar-refractivity contribution in [3.63, 3.8) is 0 Å². The highest BCUT2D eigenvalue weighted by Gasteiger charge is 2.52. The Morgan fingerprint density at radius 1 is 1.15 bits per heavy atom. The largest absolute Gasteiger partial charge is 0.349 e. The van der Waals surface area contributed by atoms with Gasteiger partial charge in [-0.05, 0) is 68.7 Å². The summed E-state index contributed by atoms with van der Waals surface area (Å²) >= 11 is 8.45. The topological polar surface area (TPSA) is 72.2 Å². The maximum Gasteiger partial charge on any atom is 0.224 e. The monoisotopic (exact) mass is 557 g/mol. The van der Waals surface area contributed by atoms with E-state index in [0.717, 1.165) is 70.3 Å². The Bertz CT molecular complexity index is 1730. The van der Waals surface area contributed by atoms with Gasteiger partial charge in [0.2, 0.25) is 5.91 Å². The average Bonchev–Trinajstić information content (AvgIpc) is 3.22. The Balaban J connectivity index is 1.19. The molecular formula is C30H25ClFN5OS. The van der Waals surface area contributed by atoms with E-state index in [1.165, 1.54) is 10.9 Å². The van der Waals surface area contributed by atoms with E-state index in [1.54, 1.807) is 17.4 Å². The number of aliphatic imine (C=N–C) groups is 1. The lowest BCUT2D eigenvalue weighted by molar-refractivity contribution is -0.125. The van der Waals surface area contributed by atoms with E-state index in [-0.39, 0.29) is 23.7 Å². The molecule has 1 spiro atoms. The highest BCUT2D eigenvalue weighted by molar-refractivity contribution is 7.15. The smallest absolute Gasteiger partial charge is 0.224 e. The average molecular weight is 558 g/mol. The Kier molecular flexibility index (Phi) is 5.02. The van der Waals surface area contributed by atoms with Crippen LogP contribution in [0.3, 0.4) is 0 Å². The summed E-state index contributed by atoms with van der Waals surface area (Å²) < 4.78 is 16.8. The van der Waals surface area contributed by atoms with Gasteiger partial charge in [0.15, 0.2) is 5.82 Å². The van der Waals surface area contributed by atoms with Gasteiger partial charge >= 0.3 is 0 Å². The maximum absolute atomic E-state index is 14.6. The number of hydrogen-bond acceptors (Lipinski definition) is 5. The van der Waals surface area contributed by atoms with Crippen LogP contribution in [0.25, 0.3) is 5.00 Å². The van der Waals surface area contributed by atoms with Crippen LogP contribution in [0, 0.1) is 18.7 Å². The lowest BCUT2D eigenvalue weighted by Crippen LogP contribution is -2.34. The first-order valence-electron chi connectivity index (χ1n) is 13.4. The molecule has 6 nitrogen and oxygen atoms in total. The van der Waals surface area contributed by atoms with Gasteiger partial charge in [0.25, 0.3) is 0 Å². The first-order chi connectivity index (χ1) is 18.9. The third-order valence-electron chi connectivity index (χ3n) is 8.70. The van der Waals surface area contributed by atoms with Crippen LogP contribution < -0.4 is 5.32 Å². The van der Waals surface area contributed by atoms with Crippen LogP contribution in [-0.2, 0) is 29.6 Å². The lowest BCUT2D eigenvalue weighted by Gasteiger charge is -2.18. The van der Waals surface area contributed by atoms with E-state index in [1.807, 2.05) is 37.3 Å². The first kappa shape index (κ1) is 23.5. The van der Waals surface area contributed by atoms with E-state index >= 15 is 0 Å². The molecule has 39 heavy (non-hydrogen) atoms. The van der Waals surface area contributed by atoms with Crippen LogP contribution in [0.2, 0.25) is 5.02 Å². The minimum Gasteiger partial charge on any atom is -0.349 e. The summed E-state index contributed by atoms with van der Waals surface area (Å²) in [4.78, 5) is 20.1. The van der Waals surface area contributed by atoms with Gasteiger partial charge in [-0.3, -0.25) is 14.4 Å². The highest BCUT2D eigenvalue weighted by atomic mass is 35.5. The predicted molar refractivity (Wildman–Crippen MR) is 148 cm³/mol. The number of aromatic nitrogens is 3. The lowest BCUT2D eigenvalue weighted by atomic mass is 9.97. The molecule has 2 aromatic carbocycles. The van der Waals surface area contributed by atoms with Gasteiger partial charge in [-0.1, -0.05) is 41.9 Å². The van der Waals surface area contributed by atoms with Crippen molar-refractivity contribution in [3.05, 3.63) is 97.6 Å². The summed E-state index contributed by atoms with van der Waals surface area (Å²) in [6.45, 7) is 1.98. The number of carbonyl (C=O) groups excluding carboxylic acids is 1. The van der Waals surface area contributed by atoms with Crippen LogP contribution in [0.1, 0.15) is 69.6 Å². The van der Waals surface area contributed by atoms with Crippen LogP contribution >= 0.6 is 22.9 Å². The molecule has 1 amide bonds. The van der Waals surface area contributed by atoms with Gasteiger partial charge in [0.05, 0.1) is 11.8 Å². The molecule has 0 saturated heterocycles. The van der Waals surface area contributed by atoms with E-state index in [4.69, 9.17) is 16.6 Å². The Morgan fingerprint density at radius 3 is 2.82 bits per heavy atom. The van der Waals surface area contributed by atoms with Crippen molar-refractivity contribution in [2.24, 2.45) is 10.9 Å². The molecule has 3 aliphatic carbocycles. The number of thiophene rings is 1. The number of fused-ring (bicyclic) bond motifs is 7. The Hall–Kier alpha value is -3.36. The molecule has 3 heterocycles. The molecule has 1 fully saturated rings. The molecule has 2 atom stereocenters. The summed E-state index contributed by atoms with van der Waals surface area (Å²) in [5, 5.41) is 13.9. The maximum atomic E-state index is 14.6. The van der Waals surface area contributed by atoms with Crippen molar-refractivity contribution in [2.75, 3.05) is 0 Å². The van der Waals surface area contributed by atoms with E-state index in [9.17, 15) is 9.18 Å². The number of carbonyl (C=O) groups is 1. The molecule has 9 heteroatoms. The SMILES string of the molecule is Cc1nnc2n1-c1sc3c(c1C(c1ccccc1Cl)=NC21CC1)C[C@H](C(=O)N[C@H]1CCc2cccc(F)c21)C3. The zero-order valence-corrected chi connectivity index (χ0v) is 22.9. The van der Waals surface area contributed by atoms with E-state index in [0.29, 0.717) is 23.4 Å². The third kappa shape index (κ3) is 3.44. The van der Waals surface area contributed by atoms with Gasteiger partial charge in [0.1, 0.15) is 22.2 Å². The van der Waals surface area contributed by atoms with Crippen molar-refractivity contribution in [3.8, 4) is 5.00 Å². The fourth-order valence-electron chi connectivity index (χ4n) is 6.60. The van der Waals surface area contributed by atoms with Gasteiger partial charge in [-0.2, -0.15) is 0 Å². The molecule has 4 aromatic rings. The predicted octanol–water partition coefficient (Wildman–Crippen LogP) is 5.79. The second kappa shape index (κ2) is 8.32. The van der Waals surface area contributed by atoms with Crippen LogP contribution in [-0.4, -0.2) is 26.4 Å². The normalized spacial score (nSPS) is 21.6. The zero-order valence-electron chi connectivity index (χ0n) is 21.3. The number of rotatable bonds is 3. The molecule has 2 aromatic heterocycles. The van der Waals surface area contributed by atoms with Crippen LogP contribution in [0.5, 0.6) is 0 Å². The van der Waals surface area contributed by atoms with Crippen LogP contribution in [0.15, 0.2) is 47.5 Å². The standard InChI is InChI=1S/C30H25ClFN5OS/c1-15-35-36-29-30(11-12-30)34-26(18-6-2-3-7-20(18)31)25-19-13-17(14-23(19)39-28(25)37(15)29)27(38)33-22-10-9-16-5-4-8-21(32)24(16)22/h2-8,17,22H,9-14H2,1H3,(H,33,38)/t17-,22-/m0/s1. The minimum absolute atomic E-state index is 0.0158. The molecule has 196 valence electrons. The van der Waals surface area contributed by atoms with E-state index < -0.39 is 5.54 Å². The number of halogens is 2. The number of aryl methyl sites for hydroxylation is 2. The third-order valence-corrected chi connectivity index (χ3v) is 10.3. The van der Waals surface area contributed by atoms with Crippen molar-refractivity contribution in [1.29, 1.82) is 0 Å². The summed E-state index contributed by atoms with van der Waals surface area (Å²) in [6, 6.07) is 12.7. The summed E-state index contributed by atoms with van der Waals surface area (Å²) in [5.74, 6) is 1.27. The molecule has 0 unspecified atom stereocenters. The molecule has 4 aliphatic rings. The van der Waals surface area contributed by atoms with Gasteiger partial charge in [-0.15, -0.1) is 21.5 Å². The van der Waals surface area contributed by atoms with Crippen molar-refractivity contribution in [2.45, 2.75) is 57.0 Å². The Labute approximate surface area is 234 Å². The summed E-state index contributed by atoms with van der Waals surface area (Å²) in [6.07, 6.45) is 4.60. The fourth-order valence-corrected chi connectivity index (χ4v) is 8.29. The van der Waals surface area contributed by atoms with Gasteiger partial charge in [0, 0.05) is 32.5 Å². The molecule has 1 aliphatic heterocycles. The van der Waals surface area contributed by atoms with Crippen molar-refractivity contribution >= 4 is 34.6 Å². The van der Waals surface area contributed by atoms with Crippen LogP contribution in [0.4, 0.5) is 4.39 Å². The zero-order chi connectivity index (χ0) is 26.5. The number of nitrogens with one attached hydrogen (secondary N) is 1. The fraction of sp³-hybridized carbons (Fsp3) is 0.333. The van der Waals surface area contributed by atoms with Gasteiger partial charge < -0.3 is 5.32 Å². The number of amides is 1. The number of hydrogen-bond donors (Lipinski definition) is 1. The number of nitrogens with zero attached hydrogens (tertiary/aromatic N) is 4. The molecule has 1 saturated carbocycles. The first-order valence-corrected chi connectivity index (χ1v) is 14.6. The molecule has 1 N–H and O–H groups in total. The van der Waals surface area contributed by atoms with Gasteiger partial charge in [-0.25, -0.2) is 4.39 Å². The van der Waals surface area contributed by atoms with Crippen molar-refractivity contribution in [1.82, 2.24) is 20.1 Å². The molecule has 0 bridgehead atoms. The summed E-state index contributed by atoms with van der Waals surface area (Å²) in [7, 11) is 0. The minimum atomic E-state index is -0.392. The number of benzene rings is 2. The second-order valence-electron chi connectivity index (χ2n) is 11.1. The Morgan fingerprint density at radius 2 is 2.00 bits per heavy atom. The molecule has 8 rings (SSSR count). The highest BCUT2D eigenvalue weighted by Crippen LogP contribution is 2.54. The molecular weight excluding hydrogens is 533 g/mol. The van der Waals surface area contributed by atoms with E-state index in [2.05, 4.69) is 20.1 Å². The quantitative estimate of drug-likeness (QED) is 0.347. The van der Waals surface area contributed by atoms with Crippen molar-refractivity contribution < 1.29 is 9.18 Å².